The van der Waals surface area contributed by atoms with Crippen LogP contribution in [0.3, 0.4) is 0 Å². The molecule has 0 saturated carbocycles. The highest BCUT2D eigenvalue weighted by Gasteiger charge is 2.31. The molecule has 102 valence electrons. The number of nitrogens with two attached hydrogens (primary N) is 1. The van der Waals surface area contributed by atoms with E-state index < -0.39 is 10.0 Å². The van der Waals surface area contributed by atoms with Crippen LogP contribution in [0.5, 0.6) is 0 Å². The number of hydrogen-bond acceptors (Lipinski definition) is 5. The van der Waals surface area contributed by atoms with Crippen molar-refractivity contribution in [1.82, 2.24) is 9.46 Å². The molecule has 0 aromatic carbocycles. The van der Waals surface area contributed by atoms with Crippen molar-refractivity contribution in [2.75, 3.05) is 13.1 Å². The molecule has 0 bridgehead atoms. The molecular formula is C11H19N3O3S. The van der Waals surface area contributed by atoms with Crippen molar-refractivity contribution in [3.05, 3.63) is 17.5 Å². The first-order valence-electron chi connectivity index (χ1n) is 6.04. The zero-order valence-electron chi connectivity index (χ0n) is 10.7. The van der Waals surface area contributed by atoms with E-state index in [0.717, 1.165) is 0 Å². The summed E-state index contributed by atoms with van der Waals surface area (Å²) in [6.07, 6.45) is 0.707. The maximum absolute atomic E-state index is 12.2. The highest BCUT2D eigenvalue weighted by atomic mass is 32.2. The SMILES string of the molecule is Cc1cc(CS(=O)(=O)N2CCC(N)C(C)C2)no1. The molecule has 1 aliphatic heterocycles. The lowest BCUT2D eigenvalue weighted by atomic mass is 9.96. The molecule has 0 amide bonds. The fourth-order valence-corrected chi connectivity index (χ4v) is 3.68. The van der Waals surface area contributed by atoms with Crippen molar-refractivity contribution in [1.29, 1.82) is 0 Å². The molecule has 1 aromatic rings. The van der Waals surface area contributed by atoms with Crippen molar-refractivity contribution in [2.45, 2.75) is 32.1 Å². The average Bonchev–Trinajstić information content (AvgIpc) is 2.67. The number of nitrogens with zero attached hydrogens (tertiary/aromatic N) is 2. The maximum atomic E-state index is 12.2. The minimum atomic E-state index is -3.32. The molecule has 0 aliphatic carbocycles. The predicted molar refractivity (Wildman–Crippen MR) is 67.2 cm³/mol. The van der Waals surface area contributed by atoms with E-state index in [1.54, 1.807) is 13.0 Å². The fourth-order valence-electron chi connectivity index (χ4n) is 2.14. The van der Waals surface area contributed by atoms with Crippen LogP contribution in [-0.4, -0.2) is 37.0 Å². The predicted octanol–water partition coefficient (Wildman–Crippen LogP) is 0.482. The van der Waals surface area contributed by atoms with Gasteiger partial charge in [-0.1, -0.05) is 12.1 Å². The van der Waals surface area contributed by atoms with Crippen molar-refractivity contribution in [2.24, 2.45) is 11.7 Å². The Kier molecular flexibility index (Phi) is 3.74. The first kappa shape index (κ1) is 13.5. The van der Waals surface area contributed by atoms with Crippen molar-refractivity contribution in [3.63, 3.8) is 0 Å². The Bertz CT molecular complexity index is 511. The number of aromatic nitrogens is 1. The van der Waals surface area contributed by atoms with Gasteiger partial charge in [0.25, 0.3) is 0 Å². The van der Waals surface area contributed by atoms with Crippen molar-refractivity contribution >= 4 is 10.0 Å². The highest BCUT2D eigenvalue weighted by molar-refractivity contribution is 7.88. The summed E-state index contributed by atoms with van der Waals surface area (Å²) in [4.78, 5) is 0. The van der Waals surface area contributed by atoms with Gasteiger partial charge in [-0.2, -0.15) is 0 Å². The molecule has 2 unspecified atom stereocenters. The molecule has 2 atom stereocenters. The Morgan fingerprint density at radius 3 is 2.89 bits per heavy atom. The van der Waals surface area contributed by atoms with E-state index in [4.69, 9.17) is 10.3 Å². The van der Waals surface area contributed by atoms with Gasteiger partial charge in [0.05, 0.1) is 0 Å². The van der Waals surface area contributed by atoms with Crippen LogP contribution in [0.15, 0.2) is 10.6 Å². The van der Waals surface area contributed by atoms with E-state index in [-0.39, 0.29) is 17.7 Å². The van der Waals surface area contributed by atoms with Gasteiger partial charge >= 0.3 is 0 Å². The molecule has 1 aliphatic rings. The third-order valence-electron chi connectivity index (χ3n) is 3.33. The lowest BCUT2D eigenvalue weighted by molar-refractivity contribution is 0.249. The van der Waals surface area contributed by atoms with E-state index >= 15 is 0 Å². The molecule has 0 spiro atoms. The van der Waals surface area contributed by atoms with Crippen LogP contribution >= 0.6 is 0 Å². The molecular weight excluding hydrogens is 254 g/mol. The summed E-state index contributed by atoms with van der Waals surface area (Å²) in [6, 6.07) is 1.74. The molecule has 1 saturated heterocycles. The summed E-state index contributed by atoms with van der Waals surface area (Å²) in [5, 5.41) is 3.72. The zero-order valence-corrected chi connectivity index (χ0v) is 11.5. The summed E-state index contributed by atoms with van der Waals surface area (Å²) >= 11 is 0. The van der Waals surface area contributed by atoms with E-state index in [2.05, 4.69) is 5.16 Å². The first-order valence-corrected chi connectivity index (χ1v) is 7.65. The molecule has 18 heavy (non-hydrogen) atoms. The average molecular weight is 273 g/mol. The Hall–Kier alpha value is -0.920. The third kappa shape index (κ3) is 2.90. The van der Waals surface area contributed by atoms with Gasteiger partial charge in [0, 0.05) is 25.2 Å². The van der Waals surface area contributed by atoms with E-state index in [1.165, 1.54) is 4.31 Å². The number of piperidine rings is 1. The molecule has 2 rings (SSSR count). The van der Waals surface area contributed by atoms with E-state index in [0.29, 0.717) is 31.0 Å². The van der Waals surface area contributed by atoms with Crippen LogP contribution < -0.4 is 5.73 Å². The second-order valence-electron chi connectivity index (χ2n) is 4.97. The quantitative estimate of drug-likeness (QED) is 0.865. The number of rotatable bonds is 3. The second kappa shape index (κ2) is 4.99. The Morgan fingerprint density at radius 2 is 2.33 bits per heavy atom. The van der Waals surface area contributed by atoms with E-state index in [9.17, 15) is 8.42 Å². The molecule has 1 aromatic heterocycles. The number of sulfonamides is 1. The van der Waals surface area contributed by atoms with Gasteiger partial charge in [-0.25, -0.2) is 12.7 Å². The largest absolute Gasteiger partial charge is 0.361 e. The minimum absolute atomic E-state index is 0.0887. The van der Waals surface area contributed by atoms with Gasteiger partial charge in [0.2, 0.25) is 10.0 Å². The van der Waals surface area contributed by atoms with Gasteiger partial charge < -0.3 is 10.3 Å². The molecule has 2 heterocycles. The first-order chi connectivity index (χ1) is 8.38. The fraction of sp³-hybridized carbons (Fsp3) is 0.727. The van der Waals surface area contributed by atoms with Crippen molar-refractivity contribution < 1.29 is 12.9 Å². The summed E-state index contributed by atoms with van der Waals surface area (Å²) in [6.45, 7) is 4.70. The Balaban J connectivity index is 2.07. The lowest BCUT2D eigenvalue weighted by Crippen LogP contribution is -2.48. The topological polar surface area (TPSA) is 89.4 Å². The van der Waals surface area contributed by atoms with Crippen LogP contribution in [-0.2, 0) is 15.8 Å². The monoisotopic (exact) mass is 273 g/mol. The smallest absolute Gasteiger partial charge is 0.219 e. The molecule has 6 nitrogen and oxygen atoms in total. The number of aryl methyl sites for hydroxylation is 1. The third-order valence-corrected chi connectivity index (χ3v) is 5.11. The molecule has 0 radical (unpaired) electrons. The highest BCUT2D eigenvalue weighted by Crippen LogP contribution is 2.20. The standard InChI is InChI=1S/C11H19N3O3S/c1-8-6-14(4-3-11(8)12)18(15,16)7-10-5-9(2)17-13-10/h5,8,11H,3-4,6-7,12H2,1-2H3. The van der Waals surface area contributed by atoms with Crippen LogP contribution in [0.1, 0.15) is 24.8 Å². The van der Waals surface area contributed by atoms with Crippen LogP contribution in [0, 0.1) is 12.8 Å². The molecule has 7 heteroatoms. The number of hydrogen-bond donors (Lipinski definition) is 1. The van der Waals surface area contributed by atoms with Gasteiger partial charge in [0.15, 0.2) is 0 Å². The summed E-state index contributed by atoms with van der Waals surface area (Å²) < 4.78 is 30.8. The minimum Gasteiger partial charge on any atom is -0.361 e. The molecule has 2 N–H and O–H groups in total. The van der Waals surface area contributed by atoms with Gasteiger partial charge in [-0.3, -0.25) is 0 Å². The molecule has 1 fully saturated rings. The second-order valence-corrected chi connectivity index (χ2v) is 6.94. The van der Waals surface area contributed by atoms with Crippen LogP contribution in [0.4, 0.5) is 0 Å². The van der Waals surface area contributed by atoms with Crippen LogP contribution in [0.2, 0.25) is 0 Å². The van der Waals surface area contributed by atoms with Gasteiger partial charge in [0.1, 0.15) is 17.2 Å². The van der Waals surface area contributed by atoms with Crippen LogP contribution in [0.25, 0.3) is 0 Å². The Morgan fingerprint density at radius 1 is 1.61 bits per heavy atom. The summed E-state index contributed by atoms with van der Waals surface area (Å²) in [5.41, 5.74) is 6.34. The van der Waals surface area contributed by atoms with Gasteiger partial charge in [-0.15, -0.1) is 0 Å². The summed E-state index contributed by atoms with van der Waals surface area (Å²) in [5.74, 6) is 0.702. The zero-order chi connectivity index (χ0) is 13.3. The Labute approximate surface area is 107 Å². The summed E-state index contributed by atoms with van der Waals surface area (Å²) in [7, 11) is -3.32. The maximum Gasteiger partial charge on any atom is 0.219 e. The van der Waals surface area contributed by atoms with Gasteiger partial charge in [-0.05, 0) is 19.3 Å². The van der Waals surface area contributed by atoms with E-state index in [1.807, 2.05) is 6.92 Å². The van der Waals surface area contributed by atoms with Crippen molar-refractivity contribution in [3.8, 4) is 0 Å². The lowest BCUT2D eigenvalue weighted by Gasteiger charge is -2.34. The normalized spacial score (nSPS) is 26.4.